The van der Waals surface area contributed by atoms with Crippen molar-refractivity contribution in [1.82, 2.24) is 9.97 Å². The van der Waals surface area contributed by atoms with Crippen LogP contribution in [0, 0.1) is 27.7 Å². The van der Waals surface area contributed by atoms with Crippen molar-refractivity contribution in [3.63, 3.8) is 0 Å². The first kappa shape index (κ1) is 26.9. The summed E-state index contributed by atoms with van der Waals surface area (Å²) in [5.74, 6) is 1.19. The maximum atomic E-state index is 9.14. The maximum absolute atomic E-state index is 9.14. The molecule has 2 rings (SSSR count). The van der Waals surface area contributed by atoms with Crippen molar-refractivity contribution in [1.29, 1.82) is 0 Å². The molecule has 0 spiro atoms. The zero-order valence-electron chi connectivity index (χ0n) is 17.6. The molecule has 0 saturated carbocycles. The normalized spacial score (nSPS) is 8.81. The van der Waals surface area contributed by atoms with Crippen LogP contribution < -0.4 is 4.74 Å². The zero-order chi connectivity index (χ0) is 20.5. The van der Waals surface area contributed by atoms with Crippen molar-refractivity contribution in [3.05, 3.63) is 47.0 Å². The molecule has 0 unspecified atom stereocenters. The minimum Gasteiger partial charge on any atom is -0.506 e. The zero-order valence-corrected chi connectivity index (χ0v) is 19.7. The van der Waals surface area contributed by atoms with Gasteiger partial charge < -0.3 is 9.84 Å². The van der Waals surface area contributed by atoms with Crippen LogP contribution in [-0.2, 0) is 0 Å². The summed E-state index contributed by atoms with van der Waals surface area (Å²) in [6.07, 6.45) is 6.03. The molecule has 0 aliphatic carbocycles. The Labute approximate surface area is 173 Å². The van der Waals surface area contributed by atoms with Gasteiger partial charge in [0.2, 0.25) is 0 Å². The van der Waals surface area contributed by atoms with Crippen molar-refractivity contribution in [3.8, 4) is 11.5 Å². The summed E-state index contributed by atoms with van der Waals surface area (Å²) in [7, 11) is 1.66. The maximum Gasteiger partial charge on any atom is 0.142 e. The lowest BCUT2D eigenvalue weighted by Crippen LogP contribution is -1.92. The first-order valence-electron chi connectivity index (χ1n) is 8.93. The third kappa shape index (κ3) is 12.1. The monoisotopic (exact) mass is 474 g/mol. The summed E-state index contributed by atoms with van der Waals surface area (Å²) in [6.45, 7) is 14.0. The molecule has 0 bridgehead atoms. The molecule has 0 atom stereocenters. The highest BCUT2D eigenvalue weighted by Crippen LogP contribution is 2.18. The molecule has 5 heteroatoms. The van der Waals surface area contributed by atoms with Gasteiger partial charge in [-0.05, 0) is 61.8 Å². The fourth-order valence-corrected chi connectivity index (χ4v) is 1.68. The lowest BCUT2D eigenvalue weighted by atomic mass is 10.2. The molecule has 0 fully saturated rings. The van der Waals surface area contributed by atoms with Crippen LogP contribution >= 0.6 is 22.6 Å². The van der Waals surface area contributed by atoms with Gasteiger partial charge in [-0.25, -0.2) is 0 Å². The first-order valence-corrected chi connectivity index (χ1v) is 10.5. The standard InChI is InChI=1S/C8H11NO.C7H9NO.C3H7I.C3H8/c1-6-4-5-9-7(2)8(6)10-3;1-5-3-4-8-6(2)7(5)9;1-2-3-4;1-3-2/h4-5H,1-3H3;3-4,9H,1-2H3;2-3H2,1H3;3H2,1-2H3. The third-order valence-electron chi connectivity index (χ3n) is 2.98. The number of hydrogen-bond donors (Lipinski definition) is 1. The number of hydrogen-bond acceptors (Lipinski definition) is 4. The number of nitrogens with zero attached hydrogens (tertiary/aromatic N) is 2. The van der Waals surface area contributed by atoms with Gasteiger partial charge in [0, 0.05) is 12.4 Å². The van der Waals surface area contributed by atoms with Crippen molar-refractivity contribution in [2.45, 2.75) is 61.3 Å². The number of methoxy groups -OCH3 is 1. The summed E-state index contributed by atoms with van der Waals surface area (Å²) in [5.41, 5.74) is 3.65. The lowest BCUT2D eigenvalue weighted by molar-refractivity contribution is 0.406. The Balaban J connectivity index is 0. The van der Waals surface area contributed by atoms with Crippen LogP contribution in [0.3, 0.4) is 0 Å². The van der Waals surface area contributed by atoms with Crippen LogP contribution in [0.5, 0.6) is 11.5 Å². The van der Waals surface area contributed by atoms with Gasteiger partial charge in [0.15, 0.2) is 0 Å². The van der Waals surface area contributed by atoms with Crippen LogP contribution in [0.25, 0.3) is 0 Å². The summed E-state index contributed by atoms with van der Waals surface area (Å²) >= 11 is 2.35. The Hall–Kier alpha value is -1.37. The van der Waals surface area contributed by atoms with Crippen molar-refractivity contribution >= 4 is 22.6 Å². The molecule has 2 aromatic rings. The predicted molar refractivity (Wildman–Crippen MR) is 121 cm³/mol. The van der Waals surface area contributed by atoms with Crippen LogP contribution in [0.2, 0.25) is 0 Å². The van der Waals surface area contributed by atoms with Crippen LogP contribution in [0.15, 0.2) is 24.5 Å². The van der Waals surface area contributed by atoms with E-state index in [1.54, 1.807) is 32.5 Å². The van der Waals surface area contributed by atoms with E-state index in [0.29, 0.717) is 11.4 Å². The second kappa shape index (κ2) is 17.1. The molecule has 1 N–H and O–H groups in total. The van der Waals surface area contributed by atoms with Gasteiger partial charge in [-0.1, -0.05) is 49.8 Å². The van der Waals surface area contributed by atoms with E-state index in [4.69, 9.17) is 9.84 Å². The minimum atomic E-state index is 0.303. The van der Waals surface area contributed by atoms with E-state index in [1.165, 1.54) is 17.3 Å². The quantitative estimate of drug-likeness (QED) is 0.407. The first-order chi connectivity index (χ1) is 12.3. The van der Waals surface area contributed by atoms with E-state index in [9.17, 15) is 0 Å². The Morgan fingerprint density at radius 2 is 1.35 bits per heavy atom. The highest BCUT2D eigenvalue weighted by atomic mass is 127. The Bertz CT molecular complexity index is 562. The van der Waals surface area contributed by atoms with Gasteiger partial charge in [0.05, 0.1) is 18.5 Å². The molecule has 2 aromatic heterocycles. The van der Waals surface area contributed by atoms with Crippen molar-refractivity contribution in [2.75, 3.05) is 11.5 Å². The van der Waals surface area contributed by atoms with E-state index in [1.807, 2.05) is 26.8 Å². The van der Waals surface area contributed by atoms with Gasteiger partial charge in [0.1, 0.15) is 11.5 Å². The molecule has 26 heavy (non-hydrogen) atoms. The fourth-order valence-electron chi connectivity index (χ4n) is 1.68. The van der Waals surface area contributed by atoms with Gasteiger partial charge in [-0.3, -0.25) is 9.97 Å². The Morgan fingerprint density at radius 1 is 0.923 bits per heavy atom. The number of ether oxygens (including phenoxy) is 1. The smallest absolute Gasteiger partial charge is 0.142 e. The van der Waals surface area contributed by atoms with Crippen molar-refractivity contribution in [2.24, 2.45) is 0 Å². The topological polar surface area (TPSA) is 55.2 Å². The van der Waals surface area contributed by atoms with Gasteiger partial charge >= 0.3 is 0 Å². The number of rotatable bonds is 2. The molecule has 2 heterocycles. The number of alkyl halides is 1. The average molecular weight is 474 g/mol. The molecular weight excluding hydrogens is 439 g/mol. The van der Waals surface area contributed by atoms with E-state index in [-0.39, 0.29) is 0 Å². The lowest BCUT2D eigenvalue weighted by Gasteiger charge is -2.05. The molecular formula is C21H35IN2O2. The number of halogens is 1. The molecule has 0 aromatic carbocycles. The number of pyridine rings is 2. The fraction of sp³-hybridized carbons (Fsp3) is 0.524. The van der Waals surface area contributed by atoms with Crippen LogP contribution in [-0.4, -0.2) is 26.6 Å². The van der Waals surface area contributed by atoms with Crippen LogP contribution in [0.4, 0.5) is 0 Å². The number of aromatic hydroxyl groups is 1. The molecule has 0 aliphatic rings. The molecule has 4 nitrogen and oxygen atoms in total. The van der Waals surface area contributed by atoms with E-state index < -0.39 is 0 Å². The SMILES string of the molecule is CCC.CCCI.COc1c(C)ccnc1C.Cc1ccnc(C)c1O. The van der Waals surface area contributed by atoms with Gasteiger partial charge in [0.25, 0.3) is 0 Å². The van der Waals surface area contributed by atoms with E-state index in [2.05, 4.69) is 53.3 Å². The van der Waals surface area contributed by atoms with Crippen LogP contribution in [0.1, 0.15) is 56.1 Å². The van der Waals surface area contributed by atoms with E-state index in [0.717, 1.165) is 22.6 Å². The number of aryl methyl sites for hydroxylation is 4. The Morgan fingerprint density at radius 3 is 1.62 bits per heavy atom. The molecule has 0 amide bonds. The molecule has 148 valence electrons. The van der Waals surface area contributed by atoms with Gasteiger partial charge in [-0.15, -0.1) is 0 Å². The van der Waals surface area contributed by atoms with E-state index >= 15 is 0 Å². The summed E-state index contributed by atoms with van der Waals surface area (Å²) < 4.78 is 6.40. The van der Waals surface area contributed by atoms with Crippen molar-refractivity contribution < 1.29 is 9.84 Å². The molecule has 0 aliphatic heterocycles. The Kier molecular flexibility index (Phi) is 17.6. The molecule has 0 saturated heterocycles. The van der Waals surface area contributed by atoms with Gasteiger partial charge in [-0.2, -0.15) is 0 Å². The average Bonchev–Trinajstić information content (AvgIpc) is 2.61. The summed E-state index contributed by atoms with van der Waals surface area (Å²) in [6, 6.07) is 3.72. The second-order valence-corrected chi connectivity index (χ2v) is 6.78. The third-order valence-corrected chi connectivity index (χ3v) is 4.06. The highest BCUT2D eigenvalue weighted by Gasteiger charge is 2.00. The molecule has 0 radical (unpaired) electrons. The summed E-state index contributed by atoms with van der Waals surface area (Å²) in [4.78, 5) is 7.98. The predicted octanol–water partition coefficient (Wildman–Crippen LogP) is 6.36. The minimum absolute atomic E-state index is 0.303. The second-order valence-electron chi connectivity index (χ2n) is 5.70. The number of aromatic nitrogens is 2. The summed E-state index contributed by atoms with van der Waals surface area (Å²) in [5, 5.41) is 9.14. The highest BCUT2D eigenvalue weighted by molar-refractivity contribution is 14.1. The largest absolute Gasteiger partial charge is 0.506 e.